The van der Waals surface area contributed by atoms with Gasteiger partial charge >= 0.3 is 0 Å². The van der Waals surface area contributed by atoms with E-state index in [9.17, 15) is 4.79 Å². The fraction of sp³-hybridized carbons (Fsp3) is 0.316. The number of nitrogens with one attached hydrogen (secondary N) is 1. The zero-order valence-corrected chi connectivity index (χ0v) is 14.4. The molecule has 0 aliphatic rings. The minimum Gasteiger partial charge on any atom is -0.350 e. The lowest BCUT2D eigenvalue weighted by Gasteiger charge is -2.29. The quantitative estimate of drug-likeness (QED) is 0.831. The Bertz CT molecular complexity index is 609. The van der Waals surface area contributed by atoms with Crippen LogP contribution in [0.15, 0.2) is 54.6 Å². The van der Waals surface area contributed by atoms with Crippen molar-refractivity contribution in [2.45, 2.75) is 26.4 Å². The van der Waals surface area contributed by atoms with Gasteiger partial charge in [0.1, 0.15) is 6.04 Å². The van der Waals surface area contributed by atoms with Gasteiger partial charge in [-0.25, -0.2) is 0 Å². The number of rotatable bonds is 7. The summed E-state index contributed by atoms with van der Waals surface area (Å²) < 4.78 is 0. The summed E-state index contributed by atoms with van der Waals surface area (Å²) in [7, 11) is 0. The number of carbonyl (C=O) groups is 1. The highest BCUT2D eigenvalue weighted by atomic mass is 35.5. The summed E-state index contributed by atoms with van der Waals surface area (Å²) in [4.78, 5) is 14.9. The smallest absolute Gasteiger partial charge is 0.242 e. The lowest BCUT2D eigenvalue weighted by atomic mass is 10.0. The van der Waals surface area contributed by atoms with E-state index in [0.717, 1.165) is 24.2 Å². The molecule has 122 valence electrons. The molecule has 0 spiro atoms. The molecule has 2 rings (SSSR count). The fourth-order valence-corrected chi connectivity index (χ4v) is 2.77. The molecule has 3 nitrogen and oxygen atoms in total. The van der Waals surface area contributed by atoms with Gasteiger partial charge in [-0.3, -0.25) is 9.69 Å². The van der Waals surface area contributed by atoms with Crippen LogP contribution in [-0.2, 0) is 11.3 Å². The second-order valence-corrected chi connectivity index (χ2v) is 5.82. The number of benzene rings is 2. The third kappa shape index (κ3) is 4.81. The second-order valence-electron chi connectivity index (χ2n) is 5.38. The molecule has 0 heterocycles. The van der Waals surface area contributed by atoms with E-state index in [1.54, 1.807) is 0 Å². The molecule has 1 N–H and O–H groups in total. The average molecular weight is 331 g/mol. The van der Waals surface area contributed by atoms with Crippen molar-refractivity contribution < 1.29 is 4.79 Å². The maximum atomic E-state index is 12.8. The minimum absolute atomic E-state index is 0.0230. The number of nitrogens with zero attached hydrogens (tertiary/aromatic N) is 1. The van der Waals surface area contributed by atoms with Crippen LogP contribution in [0.1, 0.15) is 31.0 Å². The van der Waals surface area contributed by atoms with Gasteiger partial charge < -0.3 is 5.32 Å². The van der Waals surface area contributed by atoms with Gasteiger partial charge in [0.05, 0.1) is 0 Å². The van der Waals surface area contributed by atoms with E-state index in [1.165, 1.54) is 0 Å². The highest BCUT2D eigenvalue weighted by Gasteiger charge is 2.25. The Kier molecular flexibility index (Phi) is 6.63. The van der Waals surface area contributed by atoms with Crippen molar-refractivity contribution in [3.8, 4) is 0 Å². The topological polar surface area (TPSA) is 32.3 Å². The van der Waals surface area contributed by atoms with Gasteiger partial charge in [-0.15, -0.1) is 0 Å². The van der Waals surface area contributed by atoms with Crippen molar-refractivity contribution >= 4 is 17.5 Å². The van der Waals surface area contributed by atoms with E-state index in [1.807, 2.05) is 54.6 Å². The van der Waals surface area contributed by atoms with Gasteiger partial charge in [-0.2, -0.15) is 0 Å². The van der Waals surface area contributed by atoms with Crippen LogP contribution in [0.4, 0.5) is 0 Å². The first-order chi connectivity index (χ1) is 11.2. The number of halogens is 1. The zero-order chi connectivity index (χ0) is 16.7. The molecule has 2 aromatic carbocycles. The SMILES string of the molecule is CCN(CC)C(C(=O)NCc1ccc(Cl)cc1)c1ccccc1. The molecule has 23 heavy (non-hydrogen) atoms. The van der Waals surface area contributed by atoms with Gasteiger partial charge in [0.25, 0.3) is 0 Å². The molecule has 0 aliphatic heterocycles. The standard InChI is InChI=1S/C19H23ClN2O/c1-3-22(4-2)18(16-8-6-5-7-9-16)19(23)21-14-15-10-12-17(20)13-11-15/h5-13,18H,3-4,14H2,1-2H3,(H,21,23). The van der Waals surface area contributed by atoms with Gasteiger partial charge in [0, 0.05) is 11.6 Å². The Morgan fingerprint density at radius 3 is 2.22 bits per heavy atom. The lowest BCUT2D eigenvalue weighted by molar-refractivity contribution is -0.126. The summed E-state index contributed by atoms with van der Waals surface area (Å²) in [5, 5.41) is 3.74. The molecule has 0 bridgehead atoms. The van der Waals surface area contributed by atoms with Gasteiger partial charge in [-0.05, 0) is 36.3 Å². The Balaban J connectivity index is 2.11. The van der Waals surface area contributed by atoms with Crippen LogP contribution in [0.2, 0.25) is 5.02 Å². The number of likely N-dealkylation sites (N-methyl/N-ethyl adjacent to an activating group) is 1. The summed E-state index contributed by atoms with van der Waals surface area (Å²) in [5.74, 6) is 0.0230. The molecular formula is C19H23ClN2O. The predicted molar refractivity (Wildman–Crippen MR) is 95.4 cm³/mol. The maximum Gasteiger partial charge on any atom is 0.242 e. The number of hydrogen-bond donors (Lipinski definition) is 1. The van der Waals surface area contributed by atoms with E-state index in [-0.39, 0.29) is 11.9 Å². The monoisotopic (exact) mass is 330 g/mol. The second kappa shape index (κ2) is 8.70. The highest BCUT2D eigenvalue weighted by Crippen LogP contribution is 2.21. The van der Waals surface area contributed by atoms with Crippen LogP contribution in [0, 0.1) is 0 Å². The van der Waals surface area contributed by atoms with Crippen molar-refractivity contribution in [3.63, 3.8) is 0 Å². The van der Waals surface area contributed by atoms with Crippen molar-refractivity contribution in [1.82, 2.24) is 10.2 Å². The first-order valence-corrected chi connectivity index (χ1v) is 8.34. The average Bonchev–Trinajstić information content (AvgIpc) is 2.59. The van der Waals surface area contributed by atoms with Gasteiger partial charge in [0.15, 0.2) is 0 Å². The molecule has 0 aliphatic carbocycles. The van der Waals surface area contributed by atoms with Crippen LogP contribution >= 0.6 is 11.6 Å². The van der Waals surface area contributed by atoms with Crippen molar-refractivity contribution in [2.24, 2.45) is 0 Å². The van der Waals surface area contributed by atoms with Crippen LogP contribution in [0.5, 0.6) is 0 Å². The van der Waals surface area contributed by atoms with Gasteiger partial charge in [-0.1, -0.05) is 67.9 Å². The predicted octanol–water partition coefficient (Wildman–Crippen LogP) is 4.04. The molecule has 0 radical (unpaired) electrons. The molecule has 0 fully saturated rings. The van der Waals surface area contributed by atoms with E-state index in [0.29, 0.717) is 11.6 Å². The molecule has 0 saturated carbocycles. The van der Waals surface area contributed by atoms with Crippen molar-refractivity contribution in [1.29, 1.82) is 0 Å². The molecule has 4 heteroatoms. The number of amides is 1. The van der Waals surface area contributed by atoms with Crippen molar-refractivity contribution in [3.05, 3.63) is 70.7 Å². The zero-order valence-electron chi connectivity index (χ0n) is 13.6. The maximum absolute atomic E-state index is 12.8. The van der Waals surface area contributed by atoms with E-state index in [2.05, 4.69) is 24.1 Å². The molecule has 0 saturated heterocycles. The molecule has 1 unspecified atom stereocenters. The van der Waals surface area contributed by atoms with Crippen LogP contribution in [0.3, 0.4) is 0 Å². The summed E-state index contributed by atoms with van der Waals surface area (Å²) in [6.07, 6.45) is 0. The Morgan fingerprint density at radius 1 is 1.04 bits per heavy atom. The van der Waals surface area contributed by atoms with Crippen molar-refractivity contribution in [2.75, 3.05) is 13.1 Å². The first-order valence-electron chi connectivity index (χ1n) is 7.96. The Labute approximate surface area is 143 Å². The summed E-state index contributed by atoms with van der Waals surface area (Å²) in [6.45, 7) is 6.30. The van der Waals surface area contributed by atoms with Crippen LogP contribution < -0.4 is 5.32 Å². The van der Waals surface area contributed by atoms with E-state index in [4.69, 9.17) is 11.6 Å². The summed E-state index contributed by atoms with van der Waals surface area (Å²) in [5.41, 5.74) is 2.05. The summed E-state index contributed by atoms with van der Waals surface area (Å²) >= 11 is 5.89. The normalized spacial score (nSPS) is 12.2. The molecule has 1 atom stereocenters. The molecule has 1 amide bonds. The summed E-state index contributed by atoms with van der Waals surface area (Å²) in [6, 6.07) is 17.2. The largest absolute Gasteiger partial charge is 0.350 e. The fourth-order valence-electron chi connectivity index (χ4n) is 2.64. The van der Waals surface area contributed by atoms with Crippen LogP contribution in [-0.4, -0.2) is 23.9 Å². The number of carbonyl (C=O) groups excluding carboxylic acids is 1. The van der Waals surface area contributed by atoms with Crippen LogP contribution in [0.25, 0.3) is 0 Å². The van der Waals surface area contributed by atoms with Gasteiger partial charge in [0.2, 0.25) is 5.91 Å². The minimum atomic E-state index is -0.265. The Morgan fingerprint density at radius 2 is 1.65 bits per heavy atom. The Hall–Kier alpha value is -1.84. The third-order valence-electron chi connectivity index (χ3n) is 3.92. The number of hydrogen-bond acceptors (Lipinski definition) is 2. The molecule has 2 aromatic rings. The molecular weight excluding hydrogens is 308 g/mol. The highest BCUT2D eigenvalue weighted by molar-refractivity contribution is 6.30. The molecule has 0 aromatic heterocycles. The van der Waals surface area contributed by atoms with E-state index >= 15 is 0 Å². The third-order valence-corrected chi connectivity index (χ3v) is 4.17. The first kappa shape index (κ1) is 17.5. The van der Waals surface area contributed by atoms with E-state index < -0.39 is 0 Å². The lowest BCUT2D eigenvalue weighted by Crippen LogP contribution is -2.40.